The quantitative estimate of drug-likeness (QED) is 0.723. The van der Waals surface area contributed by atoms with Crippen molar-refractivity contribution in [2.24, 2.45) is 11.8 Å². The molecule has 0 aromatic rings. The molecule has 1 rings (SSSR count). The van der Waals surface area contributed by atoms with Crippen LogP contribution < -0.4 is 5.32 Å². The van der Waals surface area contributed by atoms with Crippen molar-refractivity contribution >= 4 is 5.91 Å². The van der Waals surface area contributed by atoms with E-state index in [4.69, 9.17) is 0 Å². The second kappa shape index (κ2) is 9.42. The van der Waals surface area contributed by atoms with Crippen LogP contribution in [0.3, 0.4) is 0 Å². The maximum atomic E-state index is 12.4. The minimum absolute atomic E-state index is 0.112. The molecule has 0 heterocycles. The molecule has 1 saturated carbocycles. The van der Waals surface area contributed by atoms with Crippen molar-refractivity contribution in [1.29, 1.82) is 0 Å². The molecular weight excluding hydrogens is 264 g/mol. The summed E-state index contributed by atoms with van der Waals surface area (Å²) in [6.07, 6.45) is 5.62. The van der Waals surface area contributed by atoms with Gasteiger partial charge in [-0.05, 0) is 31.1 Å². The molecule has 21 heavy (non-hydrogen) atoms. The molecule has 4 heteroatoms. The van der Waals surface area contributed by atoms with E-state index in [1.165, 1.54) is 12.8 Å². The summed E-state index contributed by atoms with van der Waals surface area (Å²) < 4.78 is 0. The van der Waals surface area contributed by atoms with Crippen molar-refractivity contribution in [2.75, 3.05) is 19.7 Å². The first-order chi connectivity index (χ1) is 10.0. The van der Waals surface area contributed by atoms with Crippen LogP contribution in [-0.2, 0) is 4.79 Å². The number of nitrogens with one attached hydrogen (secondary N) is 1. The van der Waals surface area contributed by atoms with Crippen molar-refractivity contribution in [3.05, 3.63) is 0 Å². The molecule has 3 unspecified atom stereocenters. The molecule has 1 amide bonds. The highest BCUT2D eigenvalue weighted by Crippen LogP contribution is 2.29. The largest absolute Gasteiger partial charge is 0.395 e. The molecule has 2 N–H and O–H groups in total. The second-order valence-corrected chi connectivity index (χ2v) is 6.61. The standard InChI is InChI=1S/C17H34N2O2/c1-5-15(6-2)19(10-11-20)12-17(21)18-16-9-7-8-13(3)14(16)4/h13-16,20H,5-12H2,1-4H3,(H,18,21). The summed E-state index contributed by atoms with van der Waals surface area (Å²) in [5.41, 5.74) is 0. The number of hydrogen-bond donors (Lipinski definition) is 2. The molecule has 0 aromatic heterocycles. The summed E-state index contributed by atoms with van der Waals surface area (Å²) >= 11 is 0. The van der Waals surface area contributed by atoms with Crippen LogP contribution in [0.15, 0.2) is 0 Å². The van der Waals surface area contributed by atoms with Gasteiger partial charge >= 0.3 is 0 Å². The Morgan fingerprint density at radius 2 is 1.95 bits per heavy atom. The van der Waals surface area contributed by atoms with Gasteiger partial charge in [0.1, 0.15) is 0 Å². The van der Waals surface area contributed by atoms with Crippen LogP contribution in [0.25, 0.3) is 0 Å². The third-order valence-electron chi connectivity index (χ3n) is 5.25. The van der Waals surface area contributed by atoms with Crippen LogP contribution in [0.5, 0.6) is 0 Å². The fourth-order valence-electron chi connectivity index (χ4n) is 3.55. The summed E-state index contributed by atoms with van der Waals surface area (Å²) in [6, 6.07) is 0.699. The molecule has 4 nitrogen and oxygen atoms in total. The van der Waals surface area contributed by atoms with Gasteiger partial charge < -0.3 is 10.4 Å². The lowest BCUT2D eigenvalue weighted by Gasteiger charge is -2.36. The average Bonchev–Trinajstić information content (AvgIpc) is 2.45. The molecule has 0 radical (unpaired) electrons. The highest BCUT2D eigenvalue weighted by Gasteiger charge is 2.28. The topological polar surface area (TPSA) is 52.6 Å². The van der Waals surface area contributed by atoms with E-state index in [9.17, 15) is 9.90 Å². The second-order valence-electron chi connectivity index (χ2n) is 6.61. The van der Waals surface area contributed by atoms with Crippen LogP contribution in [0, 0.1) is 11.8 Å². The minimum atomic E-state index is 0.112. The average molecular weight is 298 g/mol. The predicted molar refractivity (Wildman–Crippen MR) is 87.1 cm³/mol. The minimum Gasteiger partial charge on any atom is -0.395 e. The van der Waals surface area contributed by atoms with E-state index in [-0.39, 0.29) is 12.5 Å². The van der Waals surface area contributed by atoms with Gasteiger partial charge in [-0.25, -0.2) is 0 Å². The van der Waals surface area contributed by atoms with Crippen molar-refractivity contribution in [3.8, 4) is 0 Å². The van der Waals surface area contributed by atoms with E-state index in [0.717, 1.165) is 19.3 Å². The lowest BCUT2D eigenvalue weighted by Crippen LogP contribution is -2.49. The zero-order chi connectivity index (χ0) is 15.8. The smallest absolute Gasteiger partial charge is 0.234 e. The van der Waals surface area contributed by atoms with Crippen molar-refractivity contribution < 1.29 is 9.90 Å². The van der Waals surface area contributed by atoms with E-state index >= 15 is 0 Å². The Kier molecular flexibility index (Phi) is 8.27. The number of amides is 1. The molecule has 0 spiro atoms. The van der Waals surface area contributed by atoms with Crippen LogP contribution >= 0.6 is 0 Å². The Morgan fingerprint density at radius 3 is 2.52 bits per heavy atom. The fraction of sp³-hybridized carbons (Fsp3) is 0.941. The van der Waals surface area contributed by atoms with Crippen LogP contribution in [-0.4, -0.2) is 47.7 Å². The summed E-state index contributed by atoms with van der Waals surface area (Å²) in [6.45, 7) is 9.91. The number of carbonyl (C=O) groups is 1. The molecule has 0 aromatic carbocycles. The molecular formula is C17H34N2O2. The van der Waals surface area contributed by atoms with Gasteiger partial charge in [0.2, 0.25) is 5.91 Å². The highest BCUT2D eigenvalue weighted by atomic mass is 16.3. The van der Waals surface area contributed by atoms with Gasteiger partial charge in [0.15, 0.2) is 0 Å². The van der Waals surface area contributed by atoms with Crippen LogP contribution in [0.4, 0.5) is 0 Å². The van der Waals surface area contributed by atoms with Gasteiger partial charge in [-0.3, -0.25) is 9.69 Å². The summed E-state index contributed by atoms with van der Waals surface area (Å²) in [4.78, 5) is 14.5. The number of rotatable bonds is 8. The third-order valence-corrected chi connectivity index (χ3v) is 5.25. The van der Waals surface area contributed by atoms with Gasteiger partial charge in [-0.15, -0.1) is 0 Å². The molecule has 1 fully saturated rings. The molecule has 1 aliphatic carbocycles. The van der Waals surface area contributed by atoms with Crippen molar-refractivity contribution in [1.82, 2.24) is 10.2 Å². The van der Waals surface area contributed by atoms with Gasteiger partial charge in [0, 0.05) is 18.6 Å². The molecule has 1 aliphatic rings. The van der Waals surface area contributed by atoms with E-state index in [1.807, 2.05) is 0 Å². The zero-order valence-electron chi connectivity index (χ0n) is 14.3. The number of nitrogens with zero attached hydrogens (tertiary/aromatic N) is 1. The Balaban J connectivity index is 2.53. The number of carbonyl (C=O) groups excluding carboxylic acids is 1. The Hall–Kier alpha value is -0.610. The molecule has 0 aliphatic heterocycles. The fourth-order valence-corrected chi connectivity index (χ4v) is 3.55. The highest BCUT2D eigenvalue weighted by molar-refractivity contribution is 5.78. The summed E-state index contributed by atoms with van der Waals surface area (Å²) in [5.74, 6) is 1.36. The molecule has 124 valence electrons. The first kappa shape index (κ1) is 18.4. The predicted octanol–water partition coefficient (Wildman–Crippen LogP) is 2.41. The zero-order valence-corrected chi connectivity index (χ0v) is 14.3. The summed E-state index contributed by atoms with van der Waals surface area (Å²) in [5, 5.41) is 12.4. The lowest BCUT2D eigenvalue weighted by atomic mass is 9.78. The Labute approximate surface area is 130 Å². The number of hydrogen-bond acceptors (Lipinski definition) is 3. The van der Waals surface area contributed by atoms with Gasteiger partial charge in [-0.2, -0.15) is 0 Å². The van der Waals surface area contributed by atoms with Gasteiger partial charge in [0.05, 0.1) is 13.2 Å². The van der Waals surface area contributed by atoms with Gasteiger partial charge in [0.25, 0.3) is 0 Å². The maximum absolute atomic E-state index is 12.4. The van der Waals surface area contributed by atoms with Crippen molar-refractivity contribution in [2.45, 2.75) is 71.9 Å². The Morgan fingerprint density at radius 1 is 1.29 bits per heavy atom. The van der Waals surface area contributed by atoms with E-state index in [2.05, 4.69) is 37.9 Å². The van der Waals surface area contributed by atoms with E-state index in [1.54, 1.807) is 0 Å². The van der Waals surface area contributed by atoms with Crippen molar-refractivity contribution in [3.63, 3.8) is 0 Å². The SMILES string of the molecule is CCC(CC)N(CCO)CC(=O)NC1CCCC(C)C1C. The van der Waals surface area contributed by atoms with E-state index < -0.39 is 0 Å². The molecule has 3 atom stereocenters. The number of aliphatic hydroxyl groups excluding tert-OH is 1. The lowest BCUT2D eigenvalue weighted by molar-refractivity contribution is -0.124. The third kappa shape index (κ3) is 5.59. The normalized spacial score (nSPS) is 26.3. The molecule has 0 bridgehead atoms. The van der Waals surface area contributed by atoms with Crippen LogP contribution in [0.2, 0.25) is 0 Å². The summed E-state index contributed by atoms with van der Waals surface area (Å²) in [7, 11) is 0. The molecule has 0 saturated heterocycles. The van der Waals surface area contributed by atoms with Crippen LogP contribution in [0.1, 0.15) is 59.8 Å². The number of aliphatic hydroxyl groups is 1. The first-order valence-electron chi connectivity index (χ1n) is 8.67. The van der Waals surface area contributed by atoms with E-state index in [0.29, 0.717) is 37.0 Å². The first-order valence-corrected chi connectivity index (χ1v) is 8.67. The van der Waals surface area contributed by atoms with Gasteiger partial charge in [-0.1, -0.05) is 40.5 Å². The monoisotopic (exact) mass is 298 g/mol. The maximum Gasteiger partial charge on any atom is 0.234 e. The Bertz CT molecular complexity index is 305.